The highest BCUT2D eigenvalue weighted by Gasteiger charge is 2.09. The van der Waals surface area contributed by atoms with Gasteiger partial charge in [0, 0.05) is 14.1 Å². The lowest BCUT2D eigenvalue weighted by Gasteiger charge is -2.15. The summed E-state index contributed by atoms with van der Waals surface area (Å²) in [6.45, 7) is 0. The van der Waals surface area contributed by atoms with Crippen LogP contribution in [0.3, 0.4) is 0 Å². The maximum atomic E-state index is 5.26. The molecule has 6 heteroatoms. The molecule has 0 aromatic rings. The normalized spacial score (nSPS) is 9.79. The van der Waals surface area contributed by atoms with Crippen molar-refractivity contribution >= 4 is 63.6 Å². The molecule has 0 aromatic heterocycles. The molecule has 0 spiro atoms. The van der Waals surface area contributed by atoms with E-state index in [-0.39, 0.29) is 0 Å². The summed E-state index contributed by atoms with van der Waals surface area (Å²) in [7, 11) is 3.95. The van der Waals surface area contributed by atoms with Crippen molar-refractivity contribution in [3.05, 3.63) is 8.47 Å². The zero-order chi connectivity index (χ0) is 11.1. The van der Waals surface area contributed by atoms with Gasteiger partial charge in [-0.1, -0.05) is 24.0 Å². The highest BCUT2D eigenvalue weighted by molar-refractivity contribution is 8.36. The molecule has 0 bridgehead atoms. The summed E-state index contributed by atoms with van der Waals surface area (Å²) in [6.07, 6.45) is 6.29. The van der Waals surface area contributed by atoms with Gasteiger partial charge in [-0.2, -0.15) is 0 Å². The van der Waals surface area contributed by atoms with Crippen LogP contribution in [-0.2, 0) is 0 Å². The first kappa shape index (κ1) is 15.0. The second-order valence-electron chi connectivity index (χ2n) is 2.45. The van der Waals surface area contributed by atoms with Gasteiger partial charge in [0.05, 0.1) is 8.47 Å². The van der Waals surface area contributed by atoms with E-state index in [1.54, 1.807) is 47.0 Å². The zero-order valence-electron chi connectivity index (χ0n) is 8.99. The van der Waals surface area contributed by atoms with E-state index in [2.05, 4.69) is 18.8 Å². The average Bonchev–Trinajstić information content (AvgIpc) is 2.17. The van der Waals surface area contributed by atoms with Crippen molar-refractivity contribution in [1.29, 1.82) is 0 Å². The standard InChI is InChI=1S/C8H15NS5/c1-9(2)8(10)14-7(13-5)6(11-3)12-4/h1-5H3. The molecule has 0 unspecified atom stereocenters. The molecule has 0 radical (unpaired) electrons. The Morgan fingerprint density at radius 2 is 1.36 bits per heavy atom. The van der Waals surface area contributed by atoms with Crippen LogP contribution in [0.15, 0.2) is 8.47 Å². The van der Waals surface area contributed by atoms with Crippen LogP contribution in [0, 0.1) is 0 Å². The van der Waals surface area contributed by atoms with Gasteiger partial charge >= 0.3 is 0 Å². The first-order valence-electron chi connectivity index (χ1n) is 3.82. The fourth-order valence-electron chi connectivity index (χ4n) is 0.587. The minimum Gasteiger partial charge on any atom is -0.363 e. The van der Waals surface area contributed by atoms with Gasteiger partial charge in [-0.15, -0.1) is 35.3 Å². The van der Waals surface area contributed by atoms with E-state index in [0.717, 1.165) is 4.32 Å². The summed E-state index contributed by atoms with van der Waals surface area (Å²) in [4.78, 5) is 1.97. The Labute approximate surface area is 109 Å². The molecule has 0 rings (SSSR count). The number of hydrogen-bond acceptors (Lipinski definition) is 5. The van der Waals surface area contributed by atoms with Crippen molar-refractivity contribution in [3.8, 4) is 0 Å². The predicted molar refractivity (Wildman–Crippen MR) is 81.4 cm³/mol. The van der Waals surface area contributed by atoms with E-state index in [9.17, 15) is 0 Å². The fraction of sp³-hybridized carbons (Fsp3) is 0.625. The number of nitrogens with zero attached hydrogens (tertiary/aromatic N) is 1. The molecule has 0 saturated heterocycles. The Balaban J connectivity index is 4.56. The van der Waals surface area contributed by atoms with Crippen LogP contribution < -0.4 is 0 Å². The molecular formula is C8H15NS5. The summed E-state index contributed by atoms with van der Waals surface area (Å²) in [6, 6.07) is 0. The van der Waals surface area contributed by atoms with Crippen molar-refractivity contribution in [2.75, 3.05) is 32.9 Å². The molecule has 0 heterocycles. The molecule has 0 aliphatic heterocycles. The zero-order valence-corrected chi connectivity index (χ0v) is 13.1. The third-order valence-electron chi connectivity index (χ3n) is 1.27. The maximum absolute atomic E-state index is 5.26. The van der Waals surface area contributed by atoms with Crippen LogP contribution in [0.25, 0.3) is 0 Å². The largest absolute Gasteiger partial charge is 0.363 e. The summed E-state index contributed by atoms with van der Waals surface area (Å²) >= 11 is 12.2. The Hall–Kier alpha value is 1.03. The van der Waals surface area contributed by atoms with E-state index in [4.69, 9.17) is 12.2 Å². The molecule has 0 amide bonds. The molecule has 0 aliphatic rings. The summed E-state index contributed by atoms with van der Waals surface area (Å²) in [5.41, 5.74) is 0. The van der Waals surface area contributed by atoms with Crippen LogP contribution in [0.2, 0.25) is 0 Å². The molecule has 1 nitrogen and oxygen atoms in total. The van der Waals surface area contributed by atoms with Gasteiger partial charge in [-0.3, -0.25) is 0 Å². The van der Waals surface area contributed by atoms with Crippen LogP contribution in [0.4, 0.5) is 0 Å². The summed E-state index contributed by atoms with van der Waals surface area (Å²) < 4.78 is 3.55. The SMILES string of the molecule is CSC(SC)=C(SC)SC(=S)N(C)C. The van der Waals surface area contributed by atoms with Crippen molar-refractivity contribution in [1.82, 2.24) is 4.90 Å². The van der Waals surface area contributed by atoms with Crippen LogP contribution in [-0.4, -0.2) is 42.1 Å². The van der Waals surface area contributed by atoms with Gasteiger partial charge < -0.3 is 4.90 Å². The van der Waals surface area contributed by atoms with Gasteiger partial charge in [-0.05, 0) is 18.8 Å². The highest BCUT2D eigenvalue weighted by atomic mass is 32.2. The first-order valence-corrected chi connectivity index (χ1v) is 8.72. The van der Waals surface area contributed by atoms with Crippen molar-refractivity contribution < 1.29 is 0 Å². The molecule has 0 saturated carbocycles. The van der Waals surface area contributed by atoms with Gasteiger partial charge in [0.1, 0.15) is 4.32 Å². The van der Waals surface area contributed by atoms with Gasteiger partial charge in [-0.25, -0.2) is 0 Å². The lowest BCUT2D eigenvalue weighted by molar-refractivity contribution is 0.648. The van der Waals surface area contributed by atoms with Crippen LogP contribution in [0.5, 0.6) is 0 Å². The van der Waals surface area contributed by atoms with Crippen molar-refractivity contribution in [2.45, 2.75) is 0 Å². The minimum atomic E-state index is 0.912. The lowest BCUT2D eigenvalue weighted by atomic mass is 11.0. The molecule has 0 N–H and O–H groups in total. The summed E-state index contributed by atoms with van der Waals surface area (Å²) in [5.74, 6) is 0. The Kier molecular flexibility index (Phi) is 8.82. The van der Waals surface area contributed by atoms with Gasteiger partial charge in [0.25, 0.3) is 0 Å². The monoisotopic (exact) mass is 285 g/mol. The maximum Gasteiger partial charge on any atom is 0.141 e. The van der Waals surface area contributed by atoms with Crippen LogP contribution in [0.1, 0.15) is 0 Å². The topological polar surface area (TPSA) is 3.24 Å². The molecule has 0 aliphatic carbocycles. The van der Waals surface area contributed by atoms with Gasteiger partial charge in [0.15, 0.2) is 0 Å². The molecular weight excluding hydrogens is 270 g/mol. The number of thiocarbonyl (C=S) groups is 1. The van der Waals surface area contributed by atoms with Crippen LogP contribution >= 0.6 is 59.3 Å². The molecule has 82 valence electrons. The highest BCUT2D eigenvalue weighted by Crippen LogP contribution is 2.39. The predicted octanol–water partition coefficient (Wildman–Crippen LogP) is 3.78. The third kappa shape index (κ3) is 5.21. The number of rotatable bonds is 4. The van der Waals surface area contributed by atoms with E-state index < -0.39 is 0 Å². The molecule has 0 fully saturated rings. The first-order chi connectivity index (χ1) is 6.56. The van der Waals surface area contributed by atoms with Crippen molar-refractivity contribution in [3.63, 3.8) is 0 Å². The minimum absolute atomic E-state index is 0.912. The summed E-state index contributed by atoms with van der Waals surface area (Å²) in [5, 5.41) is 0. The van der Waals surface area contributed by atoms with E-state index >= 15 is 0 Å². The average molecular weight is 286 g/mol. The third-order valence-corrected chi connectivity index (χ3v) is 6.80. The molecule has 0 atom stereocenters. The Morgan fingerprint density at radius 3 is 1.64 bits per heavy atom. The molecule has 0 aromatic carbocycles. The quantitative estimate of drug-likeness (QED) is 0.718. The smallest absolute Gasteiger partial charge is 0.141 e. The number of hydrogen-bond donors (Lipinski definition) is 0. The second kappa shape index (κ2) is 8.21. The van der Waals surface area contributed by atoms with E-state index in [0.29, 0.717) is 0 Å². The Bertz CT molecular complexity index is 218. The Morgan fingerprint density at radius 1 is 0.929 bits per heavy atom. The van der Waals surface area contributed by atoms with E-state index in [1.165, 1.54) is 8.47 Å². The number of thioether (sulfide) groups is 4. The van der Waals surface area contributed by atoms with Crippen molar-refractivity contribution in [2.24, 2.45) is 0 Å². The second-order valence-corrected chi connectivity index (χ2v) is 7.06. The molecule has 14 heavy (non-hydrogen) atoms. The van der Waals surface area contributed by atoms with Gasteiger partial charge in [0.2, 0.25) is 0 Å². The van der Waals surface area contributed by atoms with E-state index in [1.807, 2.05) is 19.0 Å². The lowest BCUT2D eigenvalue weighted by Crippen LogP contribution is -2.15. The fourth-order valence-corrected chi connectivity index (χ4v) is 4.91.